The van der Waals surface area contributed by atoms with E-state index in [-0.39, 0.29) is 12.6 Å². The molecular weight excluding hydrogens is 224 g/mol. The number of rotatable bonds is 6. The molecular formula is C10H18N4OS. The molecule has 2 rings (SSSR count). The van der Waals surface area contributed by atoms with Gasteiger partial charge in [-0.15, -0.1) is 10.2 Å². The van der Waals surface area contributed by atoms with Gasteiger partial charge in [-0.1, -0.05) is 11.8 Å². The van der Waals surface area contributed by atoms with Crippen LogP contribution in [0.3, 0.4) is 0 Å². The molecule has 0 saturated heterocycles. The van der Waals surface area contributed by atoms with Gasteiger partial charge in [0.15, 0.2) is 5.16 Å². The van der Waals surface area contributed by atoms with Crippen LogP contribution < -0.4 is 5.32 Å². The molecule has 2 N–H and O–H groups in total. The molecule has 0 radical (unpaired) electrons. The average Bonchev–Trinajstić information content (AvgIpc) is 3.04. The second-order valence-electron chi connectivity index (χ2n) is 4.22. The van der Waals surface area contributed by atoms with Gasteiger partial charge in [-0.3, -0.25) is 0 Å². The Morgan fingerprint density at radius 2 is 2.31 bits per heavy atom. The van der Waals surface area contributed by atoms with Crippen molar-refractivity contribution >= 4 is 11.8 Å². The number of hydrogen-bond acceptors (Lipinski definition) is 5. The van der Waals surface area contributed by atoms with E-state index in [2.05, 4.69) is 15.5 Å². The lowest BCUT2D eigenvalue weighted by Crippen LogP contribution is -2.36. The molecule has 1 saturated carbocycles. The van der Waals surface area contributed by atoms with E-state index >= 15 is 0 Å². The highest BCUT2D eigenvalue weighted by Gasteiger charge is 2.24. The molecule has 1 aliphatic carbocycles. The van der Waals surface area contributed by atoms with Crippen molar-refractivity contribution in [3.05, 3.63) is 5.82 Å². The van der Waals surface area contributed by atoms with Gasteiger partial charge in [0.05, 0.1) is 6.61 Å². The molecule has 1 unspecified atom stereocenters. The van der Waals surface area contributed by atoms with Crippen LogP contribution >= 0.6 is 11.8 Å². The van der Waals surface area contributed by atoms with Crippen LogP contribution in [-0.2, 0) is 7.05 Å². The van der Waals surface area contributed by atoms with Gasteiger partial charge in [0.2, 0.25) is 0 Å². The smallest absolute Gasteiger partial charge is 0.190 e. The lowest BCUT2D eigenvalue weighted by Gasteiger charge is -2.14. The molecule has 1 atom stereocenters. The van der Waals surface area contributed by atoms with Crippen molar-refractivity contribution in [2.75, 3.05) is 12.4 Å². The molecule has 0 amide bonds. The maximum atomic E-state index is 9.24. The summed E-state index contributed by atoms with van der Waals surface area (Å²) >= 11 is 1.64. The Bertz CT molecular complexity index is 351. The summed E-state index contributed by atoms with van der Waals surface area (Å²) in [6.45, 7) is 2.11. The lowest BCUT2D eigenvalue weighted by atomic mass is 10.3. The summed E-state index contributed by atoms with van der Waals surface area (Å²) in [4.78, 5) is 0. The summed E-state index contributed by atoms with van der Waals surface area (Å²) in [6, 6.07) is 0.786. The molecule has 1 heterocycles. The van der Waals surface area contributed by atoms with Crippen LogP contribution in [0.25, 0.3) is 0 Å². The second-order valence-corrected chi connectivity index (χ2v) is 5.21. The fraction of sp³-hybridized carbons (Fsp3) is 0.800. The van der Waals surface area contributed by atoms with E-state index in [1.54, 1.807) is 11.8 Å². The Kier molecular flexibility index (Phi) is 3.83. The van der Waals surface area contributed by atoms with Gasteiger partial charge in [-0.05, 0) is 19.8 Å². The number of hydrogen-bond donors (Lipinski definition) is 2. The Balaban J connectivity index is 1.82. The molecule has 6 heteroatoms. The first-order valence-corrected chi connectivity index (χ1v) is 6.55. The minimum Gasteiger partial charge on any atom is -0.395 e. The normalized spacial score (nSPS) is 17.7. The molecule has 1 aromatic rings. The quantitative estimate of drug-likeness (QED) is 0.704. The Hall–Kier alpha value is -0.590. The first-order valence-electron chi connectivity index (χ1n) is 5.56. The Morgan fingerprint density at radius 3 is 2.81 bits per heavy atom. The van der Waals surface area contributed by atoms with Gasteiger partial charge in [-0.2, -0.15) is 0 Å². The van der Waals surface area contributed by atoms with Gasteiger partial charge < -0.3 is 15.0 Å². The fourth-order valence-electron chi connectivity index (χ4n) is 1.43. The number of nitrogens with one attached hydrogen (secondary N) is 1. The van der Waals surface area contributed by atoms with Crippen molar-refractivity contribution in [2.45, 2.75) is 37.0 Å². The van der Waals surface area contributed by atoms with Crippen LogP contribution in [-0.4, -0.2) is 44.3 Å². The Morgan fingerprint density at radius 1 is 1.56 bits per heavy atom. The van der Waals surface area contributed by atoms with E-state index in [9.17, 15) is 5.11 Å². The minimum absolute atomic E-state index is 0.162. The van der Waals surface area contributed by atoms with E-state index in [1.165, 1.54) is 12.8 Å². The number of aryl methyl sites for hydroxylation is 1. The summed E-state index contributed by atoms with van der Waals surface area (Å²) in [5, 5.41) is 21.6. The maximum Gasteiger partial charge on any atom is 0.190 e. The van der Waals surface area contributed by atoms with Crippen LogP contribution in [0.1, 0.15) is 18.7 Å². The average molecular weight is 242 g/mol. The van der Waals surface area contributed by atoms with Crippen LogP contribution in [0, 0.1) is 6.92 Å². The molecule has 0 bridgehead atoms. The third-order valence-electron chi connectivity index (χ3n) is 2.74. The highest BCUT2D eigenvalue weighted by molar-refractivity contribution is 7.99. The summed E-state index contributed by atoms with van der Waals surface area (Å²) < 4.78 is 1.97. The topological polar surface area (TPSA) is 63.0 Å². The molecule has 90 valence electrons. The molecule has 1 fully saturated rings. The third-order valence-corrected chi connectivity index (χ3v) is 3.92. The first-order chi connectivity index (χ1) is 7.70. The zero-order valence-electron chi connectivity index (χ0n) is 9.68. The number of aromatic nitrogens is 3. The third kappa shape index (κ3) is 2.96. The van der Waals surface area contributed by atoms with Gasteiger partial charge >= 0.3 is 0 Å². The van der Waals surface area contributed by atoms with E-state index < -0.39 is 0 Å². The van der Waals surface area contributed by atoms with Crippen LogP contribution in [0.15, 0.2) is 5.16 Å². The van der Waals surface area contributed by atoms with Gasteiger partial charge in [0.1, 0.15) is 5.82 Å². The standard InChI is InChI=1S/C10H18N4OS/c1-7-12-13-10(14(7)2)16-6-9(5-15)11-8-3-4-8/h8-9,11,15H,3-6H2,1-2H3. The van der Waals surface area contributed by atoms with Crippen LogP contribution in [0.2, 0.25) is 0 Å². The monoisotopic (exact) mass is 242 g/mol. The summed E-state index contributed by atoms with van der Waals surface area (Å²) in [6.07, 6.45) is 2.48. The summed E-state index contributed by atoms with van der Waals surface area (Å²) in [5.41, 5.74) is 0. The highest BCUT2D eigenvalue weighted by atomic mass is 32.2. The van der Waals surface area contributed by atoms with Crippen LogP contribution in [0.5, 0.6) is 0 Å². The highest BCUT2D eigenvalue weighted by Crippen LogP contribution is 2.21. The Labute approximate surface area is 99.6 Å². The van der Waals surface area contributed by atoms with Gasteiger partial charge in [-0.25, -0.2) is 0 Å². The molecule has 1 aliphatic rings. The number of nitrogens with zero attached hydrogens (tertiary/aromatic N) is 3. The molecule has 0 spiro atoms. The van der Waals surface area contributed by atoms with Crippen molar-refractivity contribution in [3.8, 4) is 0 Å². The predicted octanol–water partition coefficient (Wildman–Crippen LogP) is 0.329. The number of aliphatic hydroxyl groups is 1. The van der Waals surface area contributed by atoms with Crippen molar-refractivity contribution in [1.82, 2.24) is 20.1 Å². The predicted molar refractivity (Wildman–Crippen MR) is 63.5 cm³/mol. The van der Waals surface area contributed by atoms with Crippen molar-refractivity contribution in [3.63, 3.8) is 0 Å². The van der Waals surface area contributed by atoms with Gasteiger partial charge in [0, 0.05) is 24.9 Å². The van der Waals surface area contributed by atoms with Crippen molar-refractivity contribution in [1.29, 1.82) is 0 Å². The summed E-state index contributed by atoms with van der Waals surface area (Å²) in [7, 11) is 1.96. The van der Waals surface area contributed by atoms with Crippen molar-refractivity contribution < 1.29 is 5.11 Å². The molecule has 0 aliphatic heterocycles. The SMILES string of the molecule is Cc1nnc(SCC(CO)NC2CC2)n1C. The zero-order valence-corrected chi connectivity index (χ0v) is 10.5. The largest absolute Gasteiger partial charge is 0.395 e. The van der Waals surface area contributed by atoms with Crippen molar-refractivity contribution in [2.24, 2.45) is 7.05 Å². The molecule has 5 nitrogen and oxygen atoms in total. The molecule has 16 heavy (non-hydrogen) atoms. The van der Waals surface area contributed by atoms with Gasteiger partial charge in [0.25, 0.3) is 0 Å². The number of thioether (sulfide) groups is 1. The first kappa shape index (κ1) is 11.9. The van der Waals surface area contributed by atoms with E-state index in [0.717, 1.165) is 16.7 Å². The molecule has 0 aromatic carbocycles. The fourth-order valence-corrected chi connectivity index (χ4v) is 2.40. The number of aliphatic hydroxyl groups excluding tert-OH is 1. The lowest BCUT2D eigenvalue weighted by molar-refractivity contribution is 0.253. The van der Waals surface area contributed by atoms with E-state index in [0.29, 0.717) is 6.04 Å². The second kappa shape index (κ2) is 5.16. The minimum atomic E-state index is 0.162. The maximum absolute atomic E-state index is 9.24. The molecule has 1 aromatic heterocycles. The zero-order chi connectivity index (χ0) is 11.5. The summed E-state index contributed by atoms with van der Waals surface area (Å²) in [5.74, 6) is 1.75. The van der Waals surface area contributed by atoms with E-state index in [1.807, 2.05) is 18.5 Å². The van der Waals surface area contributed by atoms with E-state index in [4.69, 9.17) is 0 Å². The van der Waals surface area contributed by atoms with Crippen LogP contribution in [0.4, 0.5) is 0 Å².